The number of nitro groups is 1. The van der Waals surface area contributed by atoms with Crippen molar-refractivity contribution >= 4 is 39.2 Å². The first-order valence-corrected chi connectivity index (χ1v) is 7.69. The number of methoxy groups -OCH3 is 2. The van der Waals surface area contributed by atoms with E-state index in [2.05, 4.69) is 15.9 Å². The molecule has 25 heavy (non-hydrogen) atoms. The number of benzene rings is 1. The minimum absolute atomic E-state index is 0.0844. The molecule has 1 aliphatic heterocycles. The molecule has 1 aromatic carbocycles. The van der Waals surface area contributed by atoms with Crippen LogP contribution in [0.3, 0.4) is 0 Å². The first-order chi connectivity index (χ1) is 11.9. The van der Waals surface area contributed by atoms with Crippen LogP contribution in [0.2, 0.25) is 0 Å². The van der Waals surface area contributed by atoms with Gasteiger partial charge in [-0.3, -0.25) is 10.1 Å². The second kappa shape index (κ2) is 7.75. The molecule has 8 nitrogen and oxygen atoms in total. The number of para-hydroxylation sites is 1. The molecular weight excluding hydrogens is 396 g/mol. The molecule has 1 aromatic rings. The van der Waals surface area contributed by atoms with Gasteiger partial charge in [-0.2, -0.15) is 0 Å². The predicted octanol–water partition coefficient (Wildman–Crippen LogP) is 2.85. The summed E-state index contributed by atoms with van der Waals surface area (Å²) < 4.78 is 9.69. The van der Waals surface area contributed by atoms with E-state index in [9.17, 15) is 19.7 Å². The minimum Gasteiger partial charge on any atom is -0.465 e. The topological polar surface area (TPSA) is 99.0 Å². The smallest absolute Gasteiger partial charge is 0.355 e. The van der Waals surface area contributed by atoms with Crippen molar-refractivity contribution in [2.24, 2.45) is 0 Å². The molecule has 1 aliphatic rings. The summed E-state index contributed by atoms with van der Waals surface area (Å²) in [5.41, 5.74) is -0.463. The number of halogens is 1. The lowest BCUT2D eigenvalue weighted by molar-refractivity contribution is -0.384. The van der Waals surface area contributed by atoms with Crippen LogP contribution in [0.5, 0.6) is 0 Å². The molecular formula is C16H13BrN2O6. The van der Waals surface area contributed by atoms with E-state index in [0.29, 0.717) is 0 Å². The van der Waals surface area contributed by atoms with Gasteiger partial charge in [-0.05, 0) is 40.2 Å². The number of carbonyl (C=O) groups excluding carboxylic acids is 2. The third kappa shape index (κ3) is 3.61. The van der Waals surface area contributed by atoms with Crippen LogP contribution in [0.25, 0.3) is 0 Å². The van der Waals surface area contributed by atoms with Crippen molar-refractivity contribution in [3.63, 3.8) is 0 Å². The van der Waals surface area contributed by atoms with Crippen molar-refractivity contribution in [1.29, 1.82) is 0 Å². The lowest BCUT2D eigenvalue weighted by Gasteiger charge is -2.23. The van der Waals surface area contributed by atoms with Crippen molar-refractivity contribution in [2.75, 3.05) is 19.1 Å². The van der Waals surface area contributed by atoms with Gasteiger partial charge in [-0.15, -0.1) is 0 Å². The average molecular weight is 409 g/mol. The molecule has 130 valence electrons. The first kappa shape index (κ1) is 18.4. The van der Waals surface area contributed by atoms with Gasteiger partial charge in [0, 0.05) is 6.20 Å². The van der Waals surface area contributed by atoms with E-state index in [1.165, 1.54) is 48.6 Å². The van der Waals surface area contributed by atoms with Gasteiger partial charge in [0.05, 0.1) is 29.2 Å². The van der Waals surface area contributed by atoms with Gasteiger partial charge in [0.25, 0.3) is 0 Å². The predicted molar refractivity (Wildman–Crippen MR) is 92.6 cm³/mol. The van der Waals surface area contributed by atoms with E-state index in [1.807, 2.05) is 0 Å². The maximum Gasteiger partial charge on any atom is 0.355 e. The largest absolute Gasteiger partial charge is 0.465 e. The molecule has 0 fully saturated rings. The quantitative estimate of drug-likeness (QED) is 0.428. The van der Waals surface area contributed by atoms with Gasteiger partial charge in [0.15, 0.2) is 0 Å². The molecule has 0 aromatic heterocycles. The normalized spacial score (nSPS) is 13.5. The molecule has 2 rings (SSSR count). The van der Waals surface area contributed by atoms with Crippen LogP contribution < -0.4 is 4.90 Å². The summed E-state index contributed by atoms with van der Waals surface area (Å²) in [6, 6.07) is 4.53. The summed E-state index contributed by atoms with van der Waals surface area (Å²) in [4.78, 5) is 36.5. The number of allylic oxidation sites excluding steroid dienone is 2. The number of hydrogen-bond donors (Lipinski definition) is 0. The fraction of sp³-hybridized carbons (Fsp3) is 0.125. The van der Waals surface area contributed by atoms with Crippen molar-refractivity contribution in [2.45, 2.75) is 0 Å². The molecule has 0 spiro atoms. The Morgan fingerprint density at radius 2 is 1.84 bits per heavy atom. The summed E-state index contributed by atoms with van der Waals surface area (Å²) in [7, 11) is 2.32. The molecule has 0 unspecified atom stereocenters. The highest BCUT2D eigenvalue weighted by molar-refractivity contribution is 9.10. The lowest BCUT2D eigenvalue weighted by atomic mass is 10.1. The molecule has 0 bridgehead atoms. The van der Waals surface area contributed by atoms with Gasteiger partial charge in [0.2, 0.25) is 0 Å². The Bertz CT molecular complexity index is 828. The zero-order valence-electron chi connectivity index (χ0n) is 13.3. The number of ether oxygens (including phenoxy) is 2. The number of rotatable bonds is 4. The van der Waals surface area contributed by atoms with Crippen molar-refractivity contribution in [3.05, 3.63) is 68.5 Å². The molecule has 0 aliphatic carbocycles. The molecule has 0 amide bonds. The number of esters is 2. The molecule has 0 atom stereocenters. The summed E-state index contributed by atoms with van der Waals surface area (Å²) in [5.74, 6) is -1.62. The molecule has 0 saturated carbocycles. The van der Waals surface area contributed by atoms with Crippen LogP contribution in [0.1, 0.15) is 0 Å². The lowest BCUT2D eigenvalue weighted by Crippen LogP contribution is -2.27. The Kier molecular flexibility index (Phi) is 5.71. The van der Waals surface area contributed by atoms with Crippen LogP contribution in [0.15, 0.2) is 58.4 Å². The van der Waals surface area contributed by atoms with Crippen LogP contribution in [-0.4, -0.2) is 31.1 Å². The van der Waals surface area contributed by atoms with E-state index in [0.717, 1.165) is 7.11 Å². The third-order valence-corrected chi connectivity index (χ3v) is 3.94. The fourth-order valence-corrected chi connectivity index (χ4v) is 2.73. The molecule has 0 N–H and O–H groups in total. The Morgan fingerprint density at radius 1 is 1.16 bits per heavy atom. The highest BCUT2D eigenvalue weighted by Crippen LogP contribution is 2.38. The van der Waals surface area contributed by atoms with E-state index >= 15 is 0 Å². The standard InChI is InChI=1S/C16H13BrN2O6/c1-24-15(20)10-6-3-4-9-18(13(10)16(21)25-2)12-8-5-7-11(17)14(12)19(22)23/h3-9H,1-2H3. The van der Waals surface area contributed by atoms with Gasteiger partial charge in [-0.25, -0.2) is 9.59 Å². The van der Waals surface area contributed by atoms with Crippen molar-refractivity contribution in [3.8, 4) is 0 Å². The van der Waals surface area contributed by atoms with E-state index in [4.69, 9.17) is 9.47 Å². The Balaban J connectivity index is 2.79. The van der Waals surface area contributed by atoms with Crippen LogP contribution in [0, 0.1) is 10.1 Å². The monoisotopic (exact) mass is 408 g/mol. The third-order valence-electron chi connectivity index (χ3n) is 3.30. The second-order valence-electron chi connectivity index (χ2n) is 4.68. The number of nitro benzene ring substituents is 1. The molecule has 0 saturated heterocycles. The van der Waals surface area contributed by atoms with E-state index in [-0.39, 0.29) is 27.1 Å². The summed E-state index contributed by atoms with van der Waals surface area (Å²) in [6.45, 7) is 0. The van der Waals surface area contributed by atoms with E-state index < -0.39 is 16.9 Å². The minimum atomic E-state index is -0.842. The Morgan fingerprint density at radius 3 is 2.44 bits per heavy atom. The number of anilines is 1. The van der Waals surface area contributed by atoms with Gasteiger partial charge in [-0.1, -0.05) is 12.1 Å². The van der Waals surface area contributed by atoms with Crippen LogP contribution in [-0.2, 0) is 19.1 Å². The summed E-state index contributed by atoms with van der Waals surface area (Å²) in [6.07, 6.45) is 5.84. The Labute approximate surface area is 151 Å². The maximum absolute atomic E-state index is 12.3. The van der Waals surface area contributed by atoms with Crippen LogP contribution in [0.4, 0.5) is 11.4 Å². The molecule has 0 radical (unpaired) electrons. The van der Waals surface area contributed by atoms with Gasteiger partial charge < -0.3 is 14.4 Å². The zero-order valence-corrected chi connectivity index (χ0v) is 14.8. The highest BCUT2D eigenvalue weighted by Gasteiger charge is 2.31. The fourth-order valence-electron chi connectivity index (χ4n) is 2.23. The summed E-state index contributed by atoms with van der Waals surface area (Å²) in [5, 5.41) is 11.5. The van der Waals surface area contributed by atoms with Gasteiger partial charge >= 0.3 is 17.6 Å². The number of nitrogens with zero attached hydrogens (tertiary/aromatic N) is 2. The SMILES string of the molecule is COC(=O)C1=C(C(=O)OC)N(c2cccc(Br)c2[N+](=O)[O-])C=CC=C1. The van der Waals surface area contributed by atoms with Gasteiger partial charge in [0.1, 0.15) is 11.4 Å². The van der Waals surface area contributed by atoms with Crippen LogP contribution >= 0.6 is 15.9 Å². The second-order valence-corrected chi connectivity index (χ2v) is 5.54. The number of hydrogen-bond acceptors (Lipinski definition) is 7. The molecule has 9 heteroatoms. The summed E-state index contributed by atoms with van der Waals surface area (Å²) >= 11 is 3.13. The van der Waals surface area contributed by atoms with E-state index in [1.54, 1.807) is 6.07 Å². The molecule has 1 heterocycles. The first-order valence-electron chi connectivity index (χ1n) is 6.90. The number of carbonyl (C=O) groups is 2. The maximum atomic E-state index is 12.3. The van der Waals surface area contributed by atoms with Crippen molar-refractivity contribution in [1.82, 2.24) is 0 Å². The zero-order chi connectivity index (χ0) is 18.6. The van der Waals surface area contributed by atoms with Crippen molar-refractivity contribution < 1.29 is 24.0 Å². The Hall–Kier alpha value is -2.94. The highest BCUT2D eigenvalue weighted by atomic mass is 79.9. The average Bonchev–Trinajstić information content (AvgIpc) is 2.82.